The van der Waals surface area contributed by atoms with E-state index in [4.69, 9.17) is 10.2 Å². The Labute approximate surface area is 77.5 Å². The highest BCUT2D eigenvalue weighted by Crippen LogP contribution is 2.19. The molecule has 1 aliphatic rings. The minimum absolute atomic E-state index is 0.0370. The van der Waals surface area contributed by atoms with Gasteiger partial charge in [-0.25, -0.2) is 4.79 Å². The van der Waals surface area contributed by atoms with Gasteiger partial charge in [0.1, 0.15) is 0 Å². The maximum atomic E-state index is 11.0. The smallest absolute Gasteiger partial charge is 0.378 e. The standard InChI is InChI=1S/C7H6O7/c8-2-13-1-3(9)6-4(10)5(11)7(12)14-6/h2,6,10-11H,1H2. The molecule has 0 aliphatic carbocycles. The van der Waals surface area contributed by atoms with Gasteiger partial charge in [-0.1, -0.05) is 0 Å². The lowest BCUT2D eigenvalue weighted by molar-refractivity contribution is -0.151. The monoisotopic (exact) mass is 202 g/mol. The number of aliphatic hydroxyl groups excluding tert-OH is 2. The van der Waals surface area contributed by atoms with Gasteiger partial charge in [0, 0.05) is 0 Å². The summed E-state index contributed by atoms with van der Waals surface area (Å²) in [6.45, 7) is -0.603. The maximum Gasteiger partial charge on any atom is 0.378 e. The van der Waals surface area contributed by atoms with E-state index in [1.807, 2.05) is 0 Å². The van der Waals surface area contributed by atoms with Crippen molar-refractivity contribution in [3.8, 4) is 0 Å². The van der Waals surface area contributed by atoms with Crippen LogP contribution in [0.25, 0.3) is 0 Å². The van der Waals surface area contributed by atoms with Crippen molar-refractivity contribution in [3.05, 3.63) is 11.5 Å². The molecular weight excluding hydrogens is 196 g/mol. The Morgan fingerprint density at radius 3 is 2.64 bits per heavy atom. The summed E-state index contributed by atoms with van der Waals surface area (Å²) < 4.78 is 8.38. The molecular formula is C7H6O7. The zero-order valence-corrected chi connectivity index (χ0v) is 6.80. The Hall–Kier alpha value is -2.05. The molecule has 1 unspecified atom stereocenters. The predicted molar refractivity (Wildman–Crippen MR) is 39.2 cm³/mol. The number of carbonyl (C=O) groups is 3. The third-order valence-electron chi connectivity index (χ3n) is 1.50. The minimum Gasteiger partial charge on any atom is -0.505 e. The summed E-state index contributed by atoms with van der Waals surface area (Å²) in [4.78, 5) is 31.4. The summed E-state index contributed by atoms with van der Waals surface area (Å²) in [5.74, 6) is -3.90. The molecule has 14 heavy (non-hydrogen) atoms. The van der Waals surface area contributed by atoms with E-state index in [0.717, 1.165) is 0 Å². The number of ether oxygens (including phenoxy) is 2. The highest BCUT2D eigenvalue weighted by molar-refractivity contribution is 5.97. The van der Waals surface area contributed by atoms with Gasteiger partial charge in [-0.3, -0.25) is 9.59 Å². The largest absolute Gasteiger partial charge is 0.505 e. The number of ketones is 1. The lowest BCUT2D eigenvalue weighted by Crippen LogP contribution is -2.27. The molecule has 0 spiro atoms. The van der Waals surface area contributed by atoms with E-state index in [1.165, 1.54) is 0 Å². The van der Waals surface area contributed by atoms with Gasteiger partial charge in [-0.15, -0.1) is 0 Å². The molecule has 0 saturated heterocycles. The molecule has 7 heteroatoms. The average molecular weight is 202 g/mol. The zero-order valence-electron chi connectivity index (χ0n) is 6.80. The Balaban J connectivity index is 2.68. The van der Waals surface area contributed by atoms with Crippen LogP contribution in [0.15, 0.2) is 11.5 Å². The molecule has 0 bridgehead atoms. The number of aliphatic hydroxyl groups is 2. The second-order valence-electron chi connectivity index (χ2n) is 2.39. The van der Waals surface area contributed by atoms with Crippen LogP contribution in [0.1, 0.15) is 0 Å². The van der Waals surface area contributed by atoms with E-state index in [-0.39, 0.29) is 6.47 Å². The Morgan fingerprint density at radius 1 is 1.57 bits per heavy atom. The van der Waals surface area contributed by atoms with Gasteiger partial charge in [-0.2, -0.15) is 0 Å². The summed E-state index contributed by atoms with van der Waals surface area (Å²) in [6.07, 6.45) is -1.58. The molecule has 0 radical (unpaired) electrons. The van der Waals surface area contributed by atoms with Gasteiger partial charge >= 0.3 is 5.97 Å². The molecule has 1 heterocycles. The number of esters is 1. The van der Waals surface area contributed by atoms with Crippen LogP contribution in [-0.2, 0) is 23.9 Å². The molecule has 0 aromatic carbocycles. The van der Waals surface area contributed by atoms with E-state index in [1.54, 1.807) is 0 Å². The fraction of sp³-hybridized carbons (Fsp3) is 0.286. The molecule has 1 aliphatic heterocycles. The van der Waals surface area contributed by atoms with Crippen LogP contribution < -0.4 is 0 Å². The number of Topliss-reactive ketones (excluding diaryl/α,β-unsaturated/α-hetero) is 1. The summed E-state index contributed by atoms with van der Waals surface area (Å²) >= 11 is 0. The highest BCUT2D eigenvalue weighted by Gasteiger charge is 2.39. The zero-order chi connectivity index (χ0) is 10.7. The molecule has 76 valence electrons. The van der Waals surface area contributed by atoms with Crippen molar-refractivity contribution >= 4 is 18.2 Å². The minimum atomic E-state index is -1.58. The van der Waals surface area contributed by atoms with Crippen molar-refractivity contribution in [2.45, 2.75) is 6.10 Å². The van der Waals surface area contributed by atoms with Crippen LogP contribution in [0.2, 0.25) is 0 Å². The highest BCUT2D eigenvalue weighted by atomic mass is 16.6. The third-order valence-corrected chi connectivity index (χ3v) is 1.50. The molecule has 7 nitrogen and oxygen atoms in total. The topological polar surface area (TPSA) is 110 Å². The number of hydrogen-bond acceptors (Lipinski definition) is 7. The van der Waals surface area contributed by atoms with Crippen molar-refractivity contribution in [3.63, 3.8) is 0 Å². The second-order valence-corrected chi connectivity index (χ2v) is 2.39. The van der Waals surface area contributed by atoms with E-state index in [9.17, 15) is 14.4 Å². The second kappa shape index (κ2) is 3.77. The van der Waals surface area contributed by atoms with Crippen molar-refractivity contribution in [1.29, 1.82) is 0 Å². The normalized spacial score (nSPS) is 20.6. The van der Waals surface area contributed by atoms with Crippen LogP contribution in [0.3, 0.4) is 0 Å². The SMILES string of the molecule is O=COCC(=O)C1OC(=O)C(O)=C1O. The van der Waals surface area contributed by atoms with Crippen molar-refractivity contribution < 1.29 is 34.1 Å². The molecule has 0 aromatic heterocycles. The van der Waals surface area contributed by atoms with Gasteiger partial charge in [0.15, 0.2) is 12.4 Å². The fourth-order valence-corrected chi connectivity index (χ4v) is 0.857. The molecule has 0 aromatic rings. The molecule has 2 N–H and O–H groups in total. The molecule has 0 fully saturated rings. The van der Waals surface area contributed by atoms with Crippen LogP contribution >= 0.6 is 0 Å². The lowest BCUT2D eigenvalue weighted by Gasteiger charge is -2.06. The summed E-state index contributed by atoms with van der Waals surface area (Å²) in [5.41, 5.74) is 0. The average Bonchev–Trinajstić information content (AvgIpc) is 2.42. The van der Waals surface area contributed by atoms with E-state index < -0.39 is 36.0 Å². The van der Waals surface area contributed by atoms with Gasteiger partial charge in [0.2, 0.25) is 17.6 Å². The first-order valence-electron chi connectivity index (χ1n) is 3.49. The van der Waals surface area contributed by atoms with Gasteiger partial charge in [0.25, 0.3) is 6.47 Å². The van der Waals surface area contributed by atoms with Crippen LogP contribution in [0.4, 0.5) is 0 Å². The third kappa shape index (κ3) is 1.65. The predicted octanol–water partition coefficient (Wildman–Crippen LogP) is -1.02. The summed E-state index contributed by atoms with van der Waals surface area (Å²) in [5, 5.41) is 17.8. The molecule has 1 atom stereocenters. The van der Waals surface area contributed by atoms with Crippen molar-refractivity contribution in [2.24, 2.45) is 0 Å². The van der Waals surface area contributed by atoms with E-state index in [0.29, 0.717) is 0 Å². The van der Waals surface area contributed by atoms with Gasteiger partial charge in [0.05, 0.1) is 0 Å². The van der Waals surface area contributed by atoms with Crippen LogP contribution in [-0.4, -0.2) is 41.1 Å². The van der Waals surface area contributed by atoms with Gasteiger partial charge in [-0.05, 0) is 0 Å². The number of cyclic esters (lactones) is 1. The van der Waals surface area contributed by atoms with Crippen LogP contribution in [0.5, 0.6) is 0 Å². The van der Waals surface area contributed by atoms with Crippen LogP contribution in [0, 0.1) is 0 Å². The number of hydrogen-bond donors (Lipinski definition) is 2. The maximum absolute atomic E-state index is 11.0. The number of rotatable bonds is 4. The quantitative estimate of drug-likeness (QED) is 0.443. The summed E-state index contributed by atoms with van der Waals surface area (Å²) in [6, 6.07) is 0. The Bertz CT molecular complexity index is 316. The van der Waals surface area contributed by atoms with E-state index >= 15 is 0 Å². The first-order valence-corrected chi connectivity index (χ1v) is 3.49. The Kier molecular flexibility index (Phi) is 2.70. The molecule has 0 saturated carbocycles. The Morgan fingerprint density at radius 2 is 2.21 bits per heavy atom. The van der Waals surface area contributed by atoms with Crippen molar-refractivity contribution in [1.82, 2.24) is 0 Å². The lowest BCUT2D eigenvalue weighted by atomic mass is 10.2. The van der Waals surface area contributed by atoms with E-state index in [2.05, 4.69) is 9.47 Å². The molecule has 1 rings (SSSR count). The first kappa shape index (κ1) is 10.0. The number of carbonyl (C=O) groups excluding carboxylic acids is 3. The first-order chi connectivity index (χ1) is 6.57. The fourth-order valence-electron chi connectivity index (χ4n) is 0.857. The summed E-state index contributed by atoms with van der Waals surface area (Å²) in [7, 11) is 0. The van der Waals surface area contributed by atoms with Gasteiger partial charge < -0.3 is 19.7 Å². The van der Waals surface area contributed by atoms with Crippen molar-refractivity contribution in [2.75, 3.05) is 6.61 Å². The molecule has 0 amide bonds.